The fourth-order valence-corrected chi connectivity index (χ4v) is 10.1. The summed E-state index contributed by atoms with van der Waals surface area (Å²) in [5.74, 6) is 0.467. The summed E-state index contributed by atoms with van der Waals surface area (Å²) in [6.07, 6.45) is 16.4. The number of fused-ring (bicyclic) bond motifs is 7. The van der Waals surface area contributed by atoms with E-state index < -0.39 is 0 Å². The van der Waals surface area contributed by atoms with E-state index in [9.17, 15) is 0 Å². The van der Waals surface area contributed by atoms with Gasteiger partial charge in [0, 0.05) is 28.1 Å². The molecule has 2 heterocycles. The third-order valence-electron chi connectivity index (χ3n) is 10.9. The second kappa shape index (κ2) is 10.5. The first-order valence-corrected chi connectivity index (χ1v) is 17.4. The van der Waals surface area contributed by atoms with Crippen LogP contribution in [0.1, 0.15) is 67.7 Å². The van der Waals surface area contributed by atoms with Crippen molar-refractivity contribution in [3.05, 3.63) is 149 Å². The Labute approximate surface area is 271 Å². The lowest BCUT2D eigenvalue weighted by atomic mass is 9.78. The summed E-state index contributed by atoms with van der Waals surface area (Å²) in [4.78, 5) is 9.54. The molecule has 45 heavy (non-hydrogen) atoms. The second-order valence-corrected chi connectivity index (χ2v) is 14.9. The van der Waals surface area contributed by atoms with Gasteiger partial charge in [-0.2, -0.15) is 0 Å². The van der Waals surface area contributed by atoms with Crippen molar-refractivity contribution in [2.75, 3.05) is 0 Å². The van der Waals surface area contributed by atoms with Crippen LogP contribution in [0.4, 0.5) is 0 Å². The lowest BCUT2D eigenvalue weighted by Crippen LogP contribution is -2.44. The Balaban J connectivity index is 1.12. The summed E-state index contributed by atoms with van der Waals surface area (Å²) < 4.78 is 0. The van der Waals surface area contributed by atoms with Gasteiger partial charge in [-0.25, -0.2) is 0 Å². The van der Waals surface area contributed by atoms with Crippen LogP contribution in [0, 0.1) is 0 Å². The molecular formula is C42H38N2S. The molecule has 4 aromatic carbocycles. The van der Waals surface area contributed by atoms with Gasteiger partial charge in [0.15, 0.2) is 0 Å². The average molecular weight is 603 g/mol. The third kappa shape index (κ3) is 4.35. The van der Waals surface area contributed by atoms with Gasteiger partial charge in [0.1, 0.15) is 6.17 Å². The molecule has 0 bridgehead atoms. The van der Waals surface area contributed by atoms with Gasteiger partial charge in [-0.15, -0.1) is 11.8 Å². The fraction of sp³-hybridized carbons (Fsp3) is 0.262. The van der Waals surface area contributed by atoms with Gasteiger partial charge in [-0.1, -0.05) is 123 Å². The van der Waals surface area contributed by atoms with Crippen LogP contribution >= 0.6 is 11.8 Å². The third-order valence-corrected chi connectivity index (χ3v) is 12.3. The van der Waals surface area contributed by atoms with Gasteiger partial charge in [-0.05, 0) is 82.0 Å². The largest absolute Gasteiger partial charge is 0.346 e. The van der Waals surface area contributed by atoms with E-state index in [1.54, 1.807) is 11.1 Å². The van der Waals surface area contributed by atoms with E-state index in [-0.39, 0.29) is 17.6 Å². The summed E-state index contributed by atoms with van der Waals surface area (Å²) in [5.41, 5.74) is 11.6. The zero-order valence-electron chi connectivity index (χ0n) is 26.0. The van der Waals surface area contributed by atoms with Crippen molar-refractivity contribution in [1.29, 1.82) is 0 Å². The highest BCUT2D eigenvalue weighted by molar-refractivity contribution is 8.01. The van der Waals surface area contributed by atoms with Crippen molar-refractivity contribution in [3.63, 3.8) is 0 Å². The molecule has 3 aliphatic carbocycles. The van der Waals surface area contributed by atoms with Crippen LogP contribution in [0.5, 0.6) is 0 Å². The van der Waals surface area contributed by atoms with Crippen molar-refractivity contribution >= 4 is 39.9 Å². The molecule has 0 spiro atoms. The van der Waals surface area contributed by atoms with Crippen molar-refractivity contribution in [2.24, 2.45) is 4.99 Å². The van der Waals surface area contributed by atoms with E-state index >= 15 is 0 Å². The molecule has 0 aromatic heterocycles. The molecule has 2 nitrogen and oxygen atoms in total. The average Bonchev–Trinajstić information content (AvgIpc) is 3.58. The van der Waals surface area contributed by atoms with Crippen LogP contribution in [0.15, 0.2) is 136 Å². The van der Waals surface area contributed by atoms with Crippen LogP contribution in [0.3, 0.4) is 0 Å². The molecule has 0 radical (unpaired) electrons. The predicted molar refractivity (Wildman–Crippen MR) is 191 cm³/mol. The Hall–Kier alpha value is -4.08. The summed E-state index contributed by atoms with van der Waals surface area (Å²) in [6.45, 7) is 4.82. The van der Waals surface area contributed by atoms with E-state index in [1.807, 2.05) is 11.8 Å². The molecule has 0 amide bonds. The monoisotopic (exact) mass is 602 g/mol. The fourth-order valence-electron chi connectivity index (χ4n) is 8.72. The lowest BCUT2D eigenvalue weighted by molar-refractivity contribution is 0.189. The normalized spacial score (nSPS) is 25.7. The molecule has 4 atom stereocenters. The highest BCUT2D eigenvalue weighted by atomic mass is 32.2. The summed E-state index contributed by atoms with van der Waals surface area (Å²) in [6, 6.07) is 33.7. The SMILES string of the molecule is CC1(C)C2=C(C=C(N(C3C=CC(c4ccccc4)=CC3)C3CC4c5c(ccc6ccccc56)SC4C=N3)CC2)c2ccccc21. The summed E-state index contributed by atoms with van der Waals surface area (Å²) in [5, 5.41) is 3.17. The van der Waals surface area contributed by atoms with E-state index in [1.165, 1.54) is 49.2 Å². The molecule has 0 fully saturated rings. The summed E-state index contributed by atoms with van der Waals surface area (Å²) >= 11 is 2.01. The van der Waals surface area contributed by atoms with Crippen LogP contribution in [0.25, 0.3) is 21.9 Å². The number of aliphatic imine (C=N–C) groups is 1. The van der Waals surface area contributed by atoms with E-state index in [4.69, 9.17) is 4.99 Å². The van der Waals surface area contributed by atoms with Gasteiger partial charge in [0.25, 0.3) is 0 Å². The standard InChI is InChI=1S/C42H38N2S/c1-42(2)36-15-9-8-14-33(36)34-24-31(21-22-37(34)42)44(30-19-16-28(17-20-30)27-10-4-3-5-11-27)40-25-35-39(26-43-40)45-38-23-18-29-12-6-7-13-32(29)41(35)38/h3-19,23-24,26,30,35,39-40H,20-22,25H2,1-2H3. The molecule has 3 heteroatoms. The minimum atomic E-state index is 0.0822. The first kappa shape index (κ1) is 27.2. The smallest absolute Gasteiger partial charge is 0.121 e. The molecule has 4 aromatic rings. The molecular weight excluding hydrogens is 565 g/mol. The minimum absolute atomic E-state index is 0.0822. The van der Waals surface area contributed by atoms with Gasteiger partial charge in [-0.3, -0.25) is 4.99 Å². The molecule has 5 aliphatic rings. The van der Waals surface area contributed by atoms with Gasteiger partial charge in [0.05, 0.1) is 11.3 Å². The van der Waals surface area contributed by atoms with Crippen LogP contribution in [-0.2, 0) is 5.41 Å². The maximum Gasteiger partial charge on any atom is 0.121 e. The van der Waals surface area contributed by atoms with E-state index in [2.05, 4.69) is 140 Å². The van der Waals surface area contributed by atoms with E-state index in [0.29, 0.717) is 11.2 Å². The Bertz CT molecular complexity index is 1990. The highest BCUT2D eigenvalue weighted by Crippen LogP contribution is 2.54. The first-order valence-electron chi connectivity index (χ1n) is 16.5. The molecule has 9 rings (SSSR count). The maximum atomic E-state index is 5.39. The van der Waals surface area contributed by atoms with Crippen molar-refractivity contribution in [3.8, 4) is 0 Å². The molecule has 222 valence electrons. The second-order valence-electron chi connectivity index (χ2n) is 13.7. The number of nitrogens with zero attached hydrogens (tertiary/aromatic N) is 2. The highest BCUT2D eigenvalue weighted by Gasteiger charge is 2.43. The number of rotatable bonds is 4. The predicted octanol–water partition coefficient (Wildman–Crippen LogP) is 10.3. The van der Waals surface area contributed by atoms with Crippen LogP contribution < -0.4 is 0 Å². The zero-order valence-corrected chi connectivity index (χ0v) is 26.8. The van der Waals surface area contributed by atoms with Gasteiger partial charge in [0.2, 0.25) is 0 Å². The van der Waals surface area contributed by atoms with Gasteiger partial charge < -0.3 is 4.90 Å². The number of allylic oxidation sites excluding steroid dienone is 6. The van der Waals surface area contributed by atoms with E-state index in [0.717, 1.165) is 25.7 Å². The molecule has 2 aliphatic heterocycles. The Morgan fingerprint density at radius 3 is 2.56 bits per heavy atom. The Morgan fingerprint density at radius 1 is 0.867 bits per heavy atom. The van der Waals surface area contributed by atoms with Crippen molar-refractivity contribution in [2.45, 2.75) is 73.2 Å². The van der Waals surface area contributed by atoms with Gasteiger partial charge >= 0.3 is 0 Å². The zero-order chi connectivity index (χ0) is 30.1. The topological polar surface area (TPSA) is 15.6 Å². The maximum absolute atomic E-state index is 5.39. The quantitative estimate of drug-likeness (QED) is 0.231. The molecule has 4 unspecified atom stereocenters. The molecule has 0 N–H and O–H groups in total. The number of hydrogen-bond donors (Lipinski definition) is 0. The van der Waals surface area contributed by atoms with Crippen LogP contribution in [-0.4, -0.2) is 28.6 Å². The molecule has 0 saturated heterocycles. The Morgan fingerprint density at radius 2 is 1.69 bits per heavy atom. The van der Waals surface area contributed by atoms with Crippen molar-refractivity contribution in [1.82, 2.24) is 4.90 Å². The minimum Gasteiger partial charge on any atom is -0.346 e. The number of benzene rings is 4. The summed E-state index contributed by atoms with van der Waals surface area (Å²) in [7, 11) is 0. The lowest BCUT2D eigenvalue weighted by Gasteiger charge is -2.43. The van der Waals surface area contributed by atoms with Crippen LogP contribution in [0.2, 0.25) is 0 Å². The number of thioether (sulfide) groups is 1. The number of hydrogen-bond acceptors (Lipinski definition) is 3. The first-order chi connectivity index (χ1) is 22.1. The molecule has 0 saturated carbocycles. The van der Waals surface area contributed by atoms with Crippen molar-refractivity contribution < 1.29 is 0 Å². The Kier molecular flexibility index (Phi) is 6.35.